The summed E-state index contributed by atoms with van der Waals surface area (Å²) >= 11 is 6.47. The van der Waals surface area contributed by atoms with Gasteiger partial charge < -0.3 is 15.8 Å². The minimum atomic E-state index is -0.299. The fourth-order valence-corrected chi connectivity index (χ4v) is 5.85. The topological polar surface area (TPSA) is 77.2 Å². The van der Waals surface area contributed by atoms with Crippen molar-refractivity contribution < 1.29 is 13.9 Å². The SMILES string of the molecule is Nc1nccc2c(CNC(=O)c3ccc4c(c3)C3OC4c4ccc(-c5ccccc5F)cc43)c(Cl)ccc12. The summed E-state index contributed by atoms with van der Waals surface area (Å²) in [6, 6.07) is 23.8. The quantitative estimate of drug-likeness (QED) is 0.275. The van der Waals surface area contributed by atoms with Crippen LogP contribution in [-0.4, -0.2) is 10.9 Å². The normalized spacial score (nSPS) is 16.9. The van der Waals surface area contributed by atoms with Gasteiger partial charge in [0.05, 0.1) is 0 Å². The van der Waals surface area contributed by atoms with Gasteiger partial charge in [0.15, 0.2) is 0 Å². The van der Waals surface area contributed by atoms with Crippen LogP contribution in [0.5, 0.6) is 0 Å². The second-order valence-electron chi connectivity index (χ2n) is 9.56. The molecule has 1 amide bonds. The number of benzene rings is 4. The van der Waals surface area contributed by atoms with Crippen LogP contribution in [0.4, 0.5) is 10.2 Å². The van der Waals surface area contributed by atoms with Crippen LogP contribution in [0.1, 0.15) is 50.4 Å². The smallest absolute Gasteiger partial charge is 0.251 e. The number of nitrogens with zero attached hydrogens (tertiary/aromatic N) is 1. The van der Waals surface area contributed by atoms with Crippen molar-refractivity contribution in [3.63, 3.8) is 0 Å². The molecule has 3 N–H and O–H groups in total. The van der Waals surface area contributed by atoms with Gasteiger partial charge in [-0.2, -0.15) is 0 Å². The molecule has 2 unspecified atom stereocenters. The van der Waals surface area contributed by atoms with Crippen LogP contribution in [0, 0.1) is 5.82 Å². The molecule has 38 heavy (non-hydrogen) atoms. The highest BCUT2D eigenvalue weighted by atomic mass is 35.5. The van der Waals surface area contributed by atoms with Gasteiger partial charge in [0.25, 0.3) is 5.91 Å². The van der Waals surface area contributed by atoms with Crippen molar-refractivity contribution in [2.24, 2.45) is 0 Å². The summed E-state index contributed by atoms with van der Waals surface area (Å²) < 4.78 is 20.7. The number of anilines is 1. The molecule has 0 fully saturated rings. The van der Waals surface area contributed by atoms with Gasteiger partial charge in [0, 0.05) is 34.3 Å². The molecule has 0 radical (unpaired) electrons. The predicted octanol–water partition coefficient (Wildman–Crippen LogP) is 6.73. The maximum absolute atomic E-state index is 14.4. The van der Waals surface area contributed by atoms with Gasteiger partial charge in [0.2, 0.25) is 0 Å². The Morgan fingerprint density at radius 2 is 1.68 bits per heavy atom. The third-order valence-electron chi connectivity index (χ3n) is 7.48. The van der Waals surface area contributed by atoms with Crippen LogP contribution in [0.3, 0.4) is 0 Å². The maximum Gasteiger partial charge on any atom is 0.251 e. The Hall–Kier alpha value is -4.26. The predicted molar refractivity (Wildman–Crippen MR) is 145 cm³/mol. The molecule has 3 heterocycles. The third kappa shape index (κ3) is 3.49. The van der Waals surface area contributed by atoms with Gasteiger partial charge in [-0.1, -0.05) is 48.0 Å². The zero-order chi connectivity index (χ0) is 26.0. The van der Waals surface area contributed by atoms with Crippen molar-refractivity contribution in [2.45, 2.75) is 18.8 Å². The summed E-state index contributed by atoms with van der Waals surface area (Å²) in [6.45, 7) is 0.243. The van der Waals surface area contributed by atoms with E-state index in [2.05, 4.69) is 10.3 Å². The molecule has 2 atom stereocenters. The molecule has 5 nitrogen and oxygen atoms in total. The minimum Gasteiger partial charge on any atom is -0.383 e. The van der Waals surface area contributed by atoms with Gasteiger partial charge in [0.1, 0.15) is 23.8 Å². The van der Waals surface area contributed by atoms with E-state index in [0.29, 0.717) is 22.0 Å². The highest BCUT2D eigenvalue weighted by Gasteiger charge is 2.43. The van der Waals surface area contributed by atoms with Crippen LogP contribution in [0.2, 0.25) is 5.02 Å². The Kier molecular flexibility index (Phi) is 5.21. The number of ether oxygens (including phenoxy) is 1. The molecule has 2 bridgehead atoms. The van der Waals surface area contributed by atoms with E-state index in [4.69, 9.17) is 22.1 Å². The molecule has 0 aliphatic carbocycles. The monoisotopic (exact) mass is 521 g/mol. The first-order chi connectivity index (χ1) is 18.5. The van der Waals surface area contributed by atoms with Crippen molar-refractivity contribution in [3.8, 4) is 11.1 Å². The number of pyridine rings is 1. The zero-order valence-electron chi connectivity index (χ0n) is 20.0. The lowest BCUT2D eigenvalue weighted by atomic mass is 9.83. The van der Waals surface area contributed by atoms with E-state index in [-0.39, 0.29) is 30.5 Å². The van der Waals surface area contributed by atoms with Crippen molar-refractivity contribution in [3.05, 3.63) is 129 Å². The van der Waals surface area contributed by atoms with Crippen molar-refractivity contribution in [1.82, 2.24) is 10.3 Å². The van der Waals surface area contributed by atoms with Gasteiger partial charge in [-0.15, -0.1) is 0 Å². The van der Waals surface area contributed by atoms with Gasteiger partial charge in [-0.25, -0.2) is 9.37 Å². The van der Waals surface area contributed by atoms with Crippen LogP contribution >= 0.6 is 11.6 Å². The van der Waals surface area contributed by atoms with Crippen LogP contribution in [0.25, 0.3) is 21.9 Å². The van der Waals surface area contributed by atoms with Gasteiger partial charge in [-0.3, -0.25) is 4.79 Å². The van der Waals surface area contributed by atoms with E-state index >= 15 is 0 Å². The largest absolute Gasteiger partial charge is 0.383 e. The average molecular weight is 522 g/mol. The number of hydrogen-bond donors (Lipinski definition) is 2. The van der Waals surface area contributed by atoms with Crippen LogP contribution in [-0.2, 0) is 11.3 Å². The van der Waals surface area contributed by atoms with E-state index in [0.717, 1.165) is 44.2 Å². The average Bonchev–Trinajstić information content (AvgIpc) is 3.50. The number of amides is 1. The van der Waals surface area contributed by atoms with E-state index in [1.165, 1.54) is 6.07 Å². The van der Waals surface area contributed by atoms with Crippen LogP contribution < -0.4 is 11.1 Å². The first kappa shape index (κ1) is 22.9. The number of carbonyl (C=O) groups excluding carboxylic acids is 1. The molecule has 5 aromatic rings. The lowest BCUT2D eigenvalue weighted by molar-refractivity contribution is 0.0857. The lowest BCUT2D eigenvalue weighted by Gasteiger charge is -2.18. The van der Waals surface area contributed by atoms with Crippen molar-refractivity contribution in [2.75, 3.05) is 5.73 Å². The van der Waals surface area contributed by atoms with E-state index in [1.54, 1.807) is 24.4 Å². The summed E-state index contributed by atoms with van der Waals surface area (Å²) in [7, 11) is 0. The first-order valence-electron chi connectivity index (χ1n) is 12.3. The lowest BCUT2D eigenvalue weighted by Crippen LogP contribution is -2.23. The number of rotatable bonds is 4. The van der Waals surface area contributed by atoms with Crippen molar-refractivity contribution >= 4 is 34.1 Å². The second-order valence-corrected chi connectivity index (χ2v) is 9.97. The Bertz CT molecular complexity index is 1790. The Morgan fingerprint density at radius 3 is 2.53 bits per heavy atom. The van der Waals surface area contributed by atoms with E-state index in [9.17, 15) is 9.18 Å². The molecule has 0 saturated carbocycles. The number of nitrogen functional groups attached to an aromatic ring is 1. The fraction of sp³-hybridized carbons (Fsp3) is 0.0968. The van der Waals surface area contributed by atoms with Crippen LogP contribution in [0.15, 0.2) is 85.1 Å². The van der Waals surface area contributed by atoms with Gasteiger partial charge in [-0.05, 0) is 81.2 Å². The first-order valence-corrected chi connectivity index (χ1v) is 12.6. The summed E-state index contributed by atoms with van der Waals surface area (Å²) in [5.41, 5.74) is 12.8. The highest BCUT2D eigenvalue weighted by Crippen LogP contribution is 2.54. The molecule has 0 saturated heterocycles. The number of aromatic nitrogens is 1. The van der Waals surface area contributed by atoms with E-state index < -0.39 is 0 Å². The molecule has 186 valence electrons. The summed E-state index contributed by atoms with van der Waals surface area (Å²) in [4.78, 5) is 17.3. The number of halogens is 2. The summed E-state index contributed by atoms with van der Waals surface area (Å²) in [6.07, 6.45) is 1.14. The number of hydrogen-bond acceptors (Lipinski definition) is 4. The third-order valence-corrected chi connectivity index (χ3v) is 7.83. The molecular weight excluding hydrogens is 501 g/mol. The summed E-state index contributed by atoms with van der Waals surface area (Å²) in [5, 5.41) is 5.18. The number of carbonyl (C=O) groups is 1. The Morgan fingerprint density at radius 1 is 0.921 bits per heavy atom. The number of nitrogens with one attached hydrogen (secondary N) is 1. The summed E-state index contributed by atoms with van der Waals surface area (Å²) in [5.74, 6) is -0.0639. The maximum atomic E-state index is 14.4. The van der Waals surface area contributed by atoms with E-state index in [1.807, 2.05) is 54.6 Å². The molecule has 4 aromatic carbocycles. The highest BCUT2D eigenvalue weighted by molar-refractivity contribution is 6.32. The second kappa shape index (κ2) is 8.65. The molecule has 0 spiro atoms. The molecule has 2 aliphatic heterocycles. The zero-order valence-corrected chi connectivity index (χ0v) is 20.8. The Balaban J connectivity index is 1.17. The molecule has 1 aromatic heterocycles. The molecular formula is C31H21ClFN3O2. The standard InChI is InChI=1S/C31H21ClFN3O2/c32-26-10-9-22-19(11-12-35-30(22)34)25(26)15-36-31(37)17-6-8-21-24(14-17)29-23-13-16(5-7-20(23)28(21)38-29)18-3-1-2-4-27(18)33/h1-14,28-29H,15H2,(H2,34,35)(H,36,37). The number of fused-ring (bicyclic) bond motifs is 9. The molecule has 2 aliphatic rings. The Labute approximate surface area is 223 Å². The fourth-order valence-electron chi connectivity index (χ4n) is 5.61. The van der Waals surface area contributed by atoms with Crippen molar-refractivity contribution in [1.29, 1.82) is 0 Å². The van der Waals surface area contributed by atoms with Gasteiger partial charge >= 0.3 is 0 Å². The number of nitrogens with two attached hydrogens (primary N) is 1. The molecule has 7 rings (SSSR count). The minimum absolute atomic E-state index is 0.190. The molecule has 7 heteroatoms.